The molecule has 6 nitrogen and oxygen atoms in total. The molecule has 3 aromatic rings. The Bertz CT molecular complexity index is 1160. The van der Waals surface area contributed by atoms with Gasteiger partial charge in [-0.2, -0.15) is 23.4 Å². The first-order valence-electron chi connectivity index (χ1n) is 9.42. The third-order valence-corrected chi connectivity index (χ3v) is 4.65. The minimum absolute atomic E-state index is 0.165. The van der Waals surface area contributed by atoms with Crippen LogP contribution in [-0.2, 0) is 12.6 Å². The smallest absolute Gasteiger partial charge is 0.416 e. The molecular formula is C23H19ClF3N5O. The second kappa shape index (κ2) is 11.2. The molecule has 33 heavy (non-hydrogen) atoms. The summed E-state index contributed by atoms with van der Waals surface area (Å²) in [5.41, 5.74) is 1.24. The Morgan fingerprint density at radius 2 is 1.82 bits per heavy atom. The highest BCUT2D eigenvalue weighted by atomic mass is 35.5. The number of hydrogen-bond acceptors (Lipinski definition) is 6. The van der Waals surface area contributed by atoms with Crippen molar-refractivity contribution in [2.24, 2.45) is 0 Å². The van der Waals surface area contributed by atoms with Gasteiger partial charge in [-0.05, 0) is 37.3 Å². The quantitative estimate of drug-likeness (QED) is 0.269. The summed E-state index contributed by atoms with van der Waals surface area (Å²) in [7, 11) is 1.77. The SMILES string of the molecule is C#C.Cc1nc(Cc2c(N(C)CC#N)ccnc2Cl)cc(Oc2ccc(C(F)(F)F)cc2)n1. The lowest BCUT2D eigenvalue weighted by atomic mass is 10.1. The van der Waals surface area contributed by atoms with E-state index in [0.717, 1.165) is 17.8 Å². The molecule has 0 aliphatic heterocycles. The molecule has 0 bridgehead atoms. The predicted molar refractivity (Wildman–Crippen MR) is 119 cm³/mol. The van der Waals surface area contributed by atoms with Gasteiger partial charge in [-0.15, -0.1) is 12.8 Å². The predicted octanol–water partition coefficient (Wildman–Crippen LogP) is 5.44. The number of terminal acetylenes is 1. The van der Waals surface area contributed by atoms with Gasteiger partial charge in [0, 0.05) is 37.0 Å². The molecular weight excluding hydrogens is 455 g/mol. The maximum Gasteiger partial charge on any atom is 0.416 e. The number of rotatable bonds is 6. The molecule has 0 radical (unpaired) electrons. The van der Waals surface area contributed by atoms with E-state index in [-0.39, 0.29) is 23.3 Å². The van der Waals surface area contributed by atoms with Crippen LogP contribution in [0.4, 0.5) is 18.9 Å². The molecule has 0 saturated carbocycles. The van der Waals surface area contributed by atoms with Gasteiger partial charge in [0.1, 0.15) is 23.3 Å². The van der Waals surface area contributed by atoms with Gasteiger partial charge in [-0.1, -0.05) is 11.6 Å². The number of aromatic nitrogens is 3. The van der Waals surface area contributed by atoms with Crippen LogP contribution in [-0.4, -0.2) is 28.5 Å². The lowest BCUT2D eigenvalue weighted by Gasteiger charge is -2.20. The number of nitriles is 1. The molecule has 2 aromatic heterocycles. The van der Waals surface area contributed by atoms with E-state index < -0.39 is 11.7 Å². The number of anilines is 1. The first-order chi connectivity index (χ1) is 15.7. The van der Waals surface area contributed by atoms with E-state index in [1.54, 1.807) is 37.2 Å². The molecule has 0 spiro atoms. The molecule has 170 valence electrons. The van der Waals surface area contributed by atoms with E-state index in [2.05, 4.69) is 33.9 Å². The highest BCUT2D eigenvalue weighted by molar-refractivity contribution is 6.30. The molecule has 0 aliphatic carbocycles. The van der Waals surface area contributed by atoms with Gasteiger partial charge in [0.05, 0.1) is 17.3 Å². The van der Waals surface area contributed by atoms with Crippen molar-refractivity contribution in [2.45, 2.75) is 19.5 Å². The Hall–Kier alpha value is -3.82. The second-order valence-electron chi connectivity index (χ2n) is 6.66. The van der Waals surface area contributed by atoms with Crippen LogP contribution in [0.25, 0.3) is 0 Å². The highest BCUT2D eigenvalue weighted by Gasteiger charge is 2.30. The zero-order chi connectivity index (χ0) is 24.6. The number of hydrogen-bond donors (Lipinski definition) is 0. The minimum Gasteiger partial charge on any atom is -0.439 e. The average molecular weight is 474 g/mol. The number of halogens is 4. The van der Waals surface area contributed by atoms with Crippen LogP contribution < -0.4 is 9.64 Å². The molecule has 0 fully saturated rings. The zero-order valence-electron chi connectivity index (χ0n) is 17.8. The maximum atomic E-state index is 12.7. The summed E-state index contributed by atoms with van der Waals surface area (Å²) in [5, 5.41) is 9.26. The Morgan fingerprint density at radius 3 is 2.42 bits per heavy atom. The van der Waals surface area contributed by atoms with E-state index >= 15 is 0 Å². The summed E-state index contributed by atoms with van der Waals surface area (Å²) >= 11 is 6.30. The highest BCUT2D eigenvalue weighted by Crippen LogP contribution is 2.32. The lowest BCUT2D eigenvalue weighted by Crippen LogP contribution is -2.19. The van der Waals surface area contributed by atoms with Gasteiger partial charge in [0.25, 0.3) is 0 Å². The van der Waals surface area contributed by atoms with Crippen LogP contribution in [0.1, 0.15) is 22.6 Å². The first kappa shape index (κ1) is 25.4. The third kappa shape index (κ3) is 6.83. The van der Waals surface area contributed by atoms with Crippen molar-refractivity contribution in [3.63, 3.8) is 0 Å². The molecule has 0 aliphatic rings. The number of pyridine rings is 1. The number of ether oxygens (including phenoxy) is 1. The van der Waals surface area contributed by atoms with E-state index in [1.165, 1.54) is 12.1 Å². The molecule has 1 aromatic carbocycles. The summed E-state index contributed by atoms with van der Waals surface area (Å²) < 4.78 is 43.8. The van der Waals surface area contributed by atoms with Gasteiger partial charge < -0.3 is 9.64 Å². The van der Waals surface area contributed by atoms with Gasteiger partial charge in [0.15, 0.2) is 0 Å². The van der Waals surface area contributed by atoms with Gasteiger partial charge in [0.2, 0.25) is 5.88 Å². The molecule has 0 atom stereocenters. The van der Waals surface area contributed by atoms with E-state index in [4.69, 9.17) is 21.6 Å². The van der Waals surface area contributed by atoms with Crippen molar-refractivity contribution in [1.29, 1.82) is 5.26 Å². The van der Waals surface area contributed by atoms with Crippen LogP contribution in [0.3, 0.4) is 0 Å². The topological polar surface area (TPSA) is 74.9 Å². The molecule has 2 heterocycles. The van der Waals surface area contributed by atoms with E-state index in [1.807, 2.05) is 0 Å². The van der Waals surface area contributed by atoms with Crippen LogP contribution >= 0.6 is 11.6 Å². The lowest BCUT2D eigenvalue weighted by molar-refractivity contribution is -0.137. The Morgan fingerprint density at radius 1 is 1.15 bits per heavy atom. The third-order valence-electron chi connectivity index (χ3n) is 4.33. The molecule has 0 amide bonds. The van der Waals surface area contributed by atoms with Crippen LogP contribution in [0.2, 0.25) is 5.15 Å². The van der Waals surface area contributed by atoms with Crippen molar-refractivity contribution in [2.75, 3.05) is 18.5 Å². The molecule has 10 heteroatoms. The normalized spacial score (nSPS) is 10.5. The summed E-state index contributed by atoms with van der Waals surface area (Å²) in [5.74, 6) is 0.825. The number of aryl methyl sites for hydroxylation is 1. The monoisotopic (exact) mass is 473 g/mol. The van der Waals surface area contributed by atoms with Crippen molar-refractivity contribution >= 4 is 17.3 Å². The Labute approximate surface area is 194 Å². The zero-order valence-corrected chi connectivity index (χ0v) is 18.5. The number of nitrogens with zero attached hydrogens (tertiary/aromatic N) is 5. The van der Waals surface area contributed by atoms with Gasteiger partial charge >= 0.3 is 6.18 Å². The first-order valence-corrected chi connectivity index (χ1v) is 9.79. The molecule has 0 unspecified atom stereocenters. The number of benzene rings is 1. The second-order valence-corrected chi connectivity index (χ2v) is 7.02. The summed E-state index contributed by atoms with van der Waals surface area (Å²) in [4.78, 5) is 14.4. The van der Waals surface area contributed by atoms with Crippen LogP contribution in [0, 0.1) is 31.1 Å². The fraction of sp³-hybridized carbons (Fsp3) is 0.217. The molecule has 0 saturated heterocycles. The van der Waals surface area contributed by atoms with Crippen LogP contribution in [0.15, 0.2) is 42.6 Å². The Kier molecular flexibility index (Phi) is 8.61. The van der Waals surface area contributed by atoms with Crippen molar-refractivity contribution in [3.05, 3.63) is 70.4 Å². The largest absolute Gasteiger partial charge is 0.439 e. The van der Waals surface area contributed by atoms with Crippen molar-refractivity contribution < 1.29 is 17.9 Å². The van der Waals surface area contributed by atoms with Crippen LogP contribution in [0.5, 0.6) is 11.6 Å². The summed E-state index contributed by atoms with van der Waals surface area (Å²) in [6.07, 6.45) is 5.43. The van der Waals surface area contributed by atoms with Crippen molar-refractivity contribution in [3.8, 4) is 30.5 Å². The summed E-state index contributed by atoms with van der Waals surface area (Å²) in [6.45, 7) is 1.84. The standard InChI is InChI=1S/C21H17ClF3N5O.C2H2/c1-13-28-15(11-17-18(30(2)10-8-26)7-9-27-20(17)22)12-19(29-13)31-16-5-3-14(4-6-16)21(23,24)25;1-2/h3-7,9,12H,10-11H2,1-2H3;1-2H. The average Bonchev–Trinajstić information content (AvgIpc) is 2.76. The molecule has 0 N–H and O–H groups in total. The minimum atomic E-state index is -4.42. The fourth-order valence-electron chi connectivity index (χ4n) is 2.93. The van der Waals surface area contributed by atoms with Gasteiger partial charge in [-0.3, -0.25) is 0 Å². The van der Waals surface area contributed by atoms with Crippen molar-refractivity contribution in [1.82, 2.24) is 15.0 Å². The molecule has 3 rings (SSSR count). The fourth-order valence-corrected chi connectivity index (χ4v) is 3.15. The number of alkyl halides is 3. The van der Waals surface area contributed by atoms with E-state index in [0.29, 0.717) is 23.5 Å². The van der Waals surface area contributed by atoms with Gasteiger partial charge in [-0.25, -0.2) is 9.97 Å². The van der Waals surface area contributed by atoms with E-state index in [9.17, 15) is 13.2 Å². The Balaban J connectivity index is 0.00000187. The maximum absolute atomic E-state index is 12.7. The summed E-state index contributed by atoms with van der Waals surface area (Å²) in [6, 6.07) is 9.76.